The van der Waals surface area contributed by atoms with Crippen LogP contribution in [0.4, 0.5) is 53.3 Å². The van der Waals surface area contributed by atoms with Crippen LogP contribution < -0.4 is 5.32 Å². The van der Waals surface area contributed by atoms with Crippen molar-refractivity contribution in [2.45, 2.75) is 82.1 Å². The van der Waals surface area contributed by atoms with Gasteiger partial charge in [-0.2, -0.15) is 43.9 Å². The molecule has 0 radical (unpaired) electrons. The highest BCUT2D eigenvalue weighted by Crippen LogP contribution is 2.69. The number of anilines is 1. The van der Waals surface area contributed by atoms with E-state index in [1.54, 1.807) is 0 Å². The molecular weight excluding hydrogens is 575 g/mol. The largest absolute Gasteiger partial charge is 0.459 e. The van der Waals surface area contributed by atoms with E-state index in [0.29, 0.717) is 0 Å². The van der Waals surface area contributed by atoms with Gasteiger partial charge in [0.05, 0.1) is 17.8 Å². The molecule has 1 amide bonds. The standard InChI is InChI=1S/C20H18F11NO5S/c1-6(2)36-12(33)9-8(5)10(13(34)37-7(3)4)38-11(9)32-14(35)15(21)16(22,23)18(26,27)20(30,31)19(28,29)17(15,24)25/h6-7H,1-5H3,(H,32,35). The zero-order chi connectivity index (χ0) is 30.0. The van der Waals surface area contributed by atoms with Gasteiger partial charge in [0.1, 0.15) is 9.88 Å². The summed E-state index contributed by atoms with van der Waals surface area (Å²) in [7, 11) is 0. The second-order valence-corrected chi connectivity index (χ2v) is 9.67. The Bertz CT molecular complexity index is 1120. The Morgan fingerprint density at radius 3 is 1.45 bits per heavy atom. The maximum Gasteiger partial charge on any atom is 0.384 e. The average Bonchev–Trinajstić information content (AvgIpc) is 3.06. The van der Waals surface area contributed by atoms with Gasteiger partial charge >= 0.3 is 47.2 Å². The summed E-state index contributed by atoms with van der Waals surface area (Å²) in [5.41, 5.74) is -8.42. The molecule has 1 aliphatic carbocycles. The van der Waals surface area contributed by atoms with Gasteiger partial charge in [-0.3, -0.25) is 4.79 Å². The van der Waals surface area contributed by atoms with Gasteiger partial charge in [-0.15, -0.1) is 11.3 Å². The van der Waals surface area contributed by atoms with Crippen LogP contribution in [0.2, 0.25) is 0 Å². The first kappa shape index (κ1) is 31.6. The van der Waals surface area contributed by atoms with E-state index < -0.39 is 86.3 Å². The van der Waals surface area contributed by atoms with Gasteiger partial charge in [0.2, 0.25) is 0 Å². The van der Waals surface area contributed by atoms with Gasteiger partial charge in [0.25, 0.3) is 5.91 Å². The molecular formula is C20H18F11NO5S. The third kappa shape index (κ3) is 4.00. The van der Waals surface area contributed by atoms with Crippen molar-refractivity contribution in [2.24, 2.45) is 0 Å². The van der Waals surface area contributed by atoms with Crippen LogP contribution in [0.3, 0.4) is 0 Å². The zero-order valence-corrected chi connectivity index (χ0v) is 20.6. The molecule has 2 rings (SSSR count). The van der Waals surface area contributed by atoms with Gasteiger partial charge < -0.3 is 14.8 Å². The quantitative estimate of drug-likeness (QED) is 0.322. The molecule has 1 aromatic rings. The molecule has 1 N–H and O–H groups in total. The molecule has 1 aromatic heterocycles. The number of carbonyl (C=O) groups is 3. The summed E-state index contributed by atoms with van der Waals surface area (Å²) < 4.78 is 164. The second kappa shape index (κ2) is 9.22. The Balaban J connectivity index is 2.76. The third-order valence-corrected chi connectivity index (χ3v) is 6.39. The van der Waals surface area contributed by atoms with Gasteiger partial charge in [0, 0.05) is 0 Å². The molecule has 0 aliphatic heterocycles. The lowest BCUT2D eigenvalue weighted by atomic mass is 9.71. The lowest BCUT2D eigenvalue weighted by molar-refractivity contribution is -0.475. The van der Waals surface area contributed by atoms with Crippen molar-refractivity contribution in [3.8, 4) is 0 Å². The van der Waals surface area contributed by atoms with E-state index in [2.05, 4.69) is 0 Å². The molecule has 0 bridgehead atoms. The summed E-state index contributed by atoms with van der Waals surface area (Å²) >= 11 is -0.104. The molecule has 1 heterocycles. The van der Waals surface area contributed by atoms with E-state index in [9.17, 15) is 58.3 Å². The van der Waals surface area contributed by atoms with Crippen LogP contribution in [-0.2, 0) is 14.3 Å². The van der Waals surface area contributed by atoms with Crippen LogP contribution in [-0.4, -0.2) is 65.3 Å². The second-order valence-electron chi connectivity index (χ2n) is 8.65. The lowest BCUT2D eigenvalue weighted by Crippen LogP contribution is -2.86. The van der Waals surface area contributed by atoms with Crippen LogP contribution >= 0.6 is 11.3 Å². The summed E-state index contributed by atoms with van der Waals surface area (Å²) in [4.78, 5) is 36.5. The number of ether oxygens (including phenoxy) is 2. The summed E-state index contributed by atoms with van der Waals surface area (Å²) in [6.45, 7) is 6.23. The normalized spacial score (nSPS) is 22.2. The molecule has 216 valence electrons. The number of thiophene rings is 1. The van der Waals surface area contributed by atoms with Crippen molar-refractivity contribution in [1.29, 1.82) is 0 Å². The zero-order valence-electron chi connectivity index (χ0n) is 19.8. The molecule has 6 nitrogen and oxygen atoms in total. The highest BCUT2D eigenvalue weighted by molar-refractivity contribution is 7.18. The van der Waals surface area contributed by atoms with Crippen molar-refractivity contribution < 1.29 is 72.2 Å². The number of nitrogens with one attached hydrogen (secondary N) is 1. The molecule has 1 fully saturated rings. The number of amides is 1. The topological polar surface area (TPSA) is 81.7 Å². The summed E-state index contributed by atoms with van der Waals surface area (Å²) in [6.07, 6.45) is -1.76. The Kier molecular flexibility index (Phi) is 7.66. The van der Waals surface area contributed by atoms with E-state index in [-0.39, 0.29) is 11.3 Å². The number of halogens is 11. The number of esters is 2. The fraction of sp³-hybridized carbons (Fsp3) is 0.650. The number of carbonyl (C=O) groups excluding carboxylic acids is 3. The summed E-state index contributed by atoms with van der Waals surface area (Å²) in [6, 6.07) is 0. The maximum absolute atomic E-state index is 15.1. The van der Waals surface area contributed by atoms with Gasteiger partial charge in [0.15, 0.2) is 0 Å². The van der Waals surface area contributed by atoms with Crippen LogP contribution in [0.25, 0.3) is 0 Å². The molecule has 1 aliphatic rings. The van der Waals surface area contributed by atoms with E-state index in [1.807, 2.05) is 0 Å². The van der Waals surface area contributed by atoms with Crippen molar-refractivity contribution >= 4 is 34.2 Å². The molecule has 0 atom stereocenters. The average molecular weight is 593 g/mol. The van der Waals surface area contributed by atoms with Crippen molar-refractivity contribution in [1.82, 2.24) is 0 Å². The molecule has 38 heavy (non-hydrogen) atoms. The van der Waals surface area contributed by atoms with E-state index in [0.717, 1.165) is 12.2 Å². The minimum Gasteiger partial charge on any atom is -0.459 e. The van der Waals surface area contributed by atoms with Crippen molar-refractivity contribution in [3.63, 3.8) is 0 Å². The van der Waals surface area contributed by atoms with E-state index >= 15 is 4.39 Å². The molecule has 18 heteroatoms. The monoisotopic (exact) mass is 593 g/mol. The minimum absolute atomic E-state index is 0.104. The molecule has 0 aromatic carbocycles. The fourth-order valence-corrected chi connectivity index (χ4v) is 4.35. The Labute approximate surface area is 210 Å². The molecule has 1 saturated carbocycles. The maximum atomic E-state index is 15.1. The summed E-state index contributed by atoms with van der Waals surface area (Å²) in [5.74, 6) is -43.7. The number of alkyl halides is 11. The number of hydrogen-bond donors (Lipinski definition) is 1. The van der Waals surface area contributed by atoms with Gasteiger partial charge in [-0.25, -0.2) is 14.0 Å². The molecule has 0 unspecified atom stereocenters. The first-order chi connectivity index (χ1) is 16.8. The van der Waals surface area contributed by atoms with Gasteiger partial charge in [-0.05, 0) is 40.2 Å². The smallest absolute Gasteiger partial charge is 0.384 e. The fourth-order valence-electron chi connectivity index (χ4n) is 3.28. The predicted octanol–water partition coefficient (Wildman–Crippen LogP) is 6.02. The van der Waals surface area contributed by atoms with Crippen LogP contribution in [0.15, 0.2) is 0 Å². The minimum atomic E-state index is -7.51. The first-order valence-corrected chi connectivity index (χ1v) is 11.1. The van der Waals surface area contributed by atoms with Crippen LogP contribution in [0, 0.1) is 6.92 Å². The van der Waals surface area contributed by atoms with Crippen LogP contribution in [0.5, 0.6) is 0 Å². The predicted molar refractivity (Wildman–Crippen MR) is 107 cm³/mol. The number of rotatable bonds is 6. The Morgan fingerprint density at radius 2 is 1.05 bits per heavy atom. The Morgan fingerprint density at radius 1 is 0.684 bits per heavy atom. The van der Waals surface area contributed by atoms with Gasteiger partial charge in [-0.1, -0.05) is 0 Å². The SMILES string of the molecule is Cc1c(C(=O)OC(C)C)sc(NC(=O)C2(F)C(F)(F)C(F)(F)C(F)(F)C(F)(F)C2(F)F)c1C(=O)OC(C)C. The molecule has 0 saturated heterocycles. The van der Waals surface area contributed by atoms with E-state index in [1.165, 1.54) is 27.7 Å². The van der Waals surface area contributed by atoms with Crippen molar-refractivity contribution in [3.05, 3.63) is 16.0 Å². The summed E-state index contributed by atoms with van der Waals surface area (Å²) in [5, 5.41) is -0.380. The number of hydrogen-bond acceptors (Lipinski definition) is 6. The van der Waals surface area contributed by atoms with Crippen LogP contribution in [0.1, 0.15) is 53.3 Å². The van der Waals surface area contributed by atoms with Crippen molar-refractivity contribution in [2.75, 3.05) is 5.32 Å². The highest BCUT2D eigenvalue weighted by atomic mass is 32.1. The molecule has 0 spiro atoms. The van der Waals surface area contributed by atoms with E-state index in [4.69, 9.17) is 9.47 Å². The third-order valence-electron chi connectivity index (χ3n) is 5.20. The Hall–Kier alpha value is -2.66. The lowest BCUT2D eigenvalue weighted by Gasteiger charge is -2.51. The highest BCUT2D eigenvalue weighted by Gasteiger charge is 3.02. The first-order valence-electron chi connectivity index (χ1n) is 10.3.